The molecule has 0 bridgehead atoms. The van der Waals surface area contributed by atoms with Gasteiger partial charge in [-0.05, 0) is 30.2 Å². The van der Waals surface area contributed by atoms with Crippen molar-refractivity contribution in [2.75, 3.05) is 5.32 Å². The molecule has 0 atom stereocenters. The van der Waals surface area contributed by atoms with Crippen LogP contribution in [0.4, 0.5) is 5.82 Å². The average molecular weight is 390 g/mol. The number of benzene rings is 1. The van der Waals surface area contributed by atoms with Crippen molar-refractivity contribution in [2.24, 2.45) is 7.05 Å². The number of carbonyl (C=O) groups excluding carboxylic acids is 1. The second-order valence-electron chi connectivity index (χ2n) is 5.59. The fourth-order valence-electron chi connectivity index (χ4n) is 2.68. The lowest BCUT2D eigenvalue weighted by Gasteiger charge is -2.11. The van der Waals surface area contributed by atoms with E-state index in [9.17, 15) is 14.4 Å². The molecule has 0 radical (unpaired) electrons. The number of aromatic nitrogens is 2. The topological polar surface area (TPSA) is 73.1 Å². The van der Waals surface area contributed by atoms with Crippen LogP contribution >= 0.6 is 15.9 Å². The monoisotopic (exact) mass is 389 g/mol. The second kappa shape index (κ2) is 6.24. The van der Waals surface area contributed by atoms with E-state index < -0.39 is 17.0 Å². The molecule has 1 aliphatic rings. The normalized spacial score (nSPS) is 14.8. The Morgan fingerprint density at radius 1 is 1.17 bits per heavy atom. The van der Waals surface area contributed by atoms with Gasteiger partial charge in [0.1, 0.15) is 11.4 Å². The van der Waals surface area contributed by atoms with Crippen LogP contribution in [0.3, 0.4) is 0 Å². The van der Waals surface area contributed by atoms with Gasteiger partial charge in [-0.25, -0.2) is 4.79 Å². The highest BCUT2D eigenvalue weighted by molar-refractivity contribution is 9.10. The number of nitrogens with zero attached hydrogens (tertiary/aromatic N) is 2. The molecule has 7 heteroatoms. The predicted octanol–water partition coefficient (Wildman–Crippen LogP) is 2.37. The van der Waals surface area contributed by atoms with Crippen molar-refractivity contribution in [3.05, 3.63) is 66.4 Å². The van der Waals surface area contributed by atoms with Crippen molar-refractivity contribution in [1.29, 1.82) is 0 Å². The highest BCUT2D eigenvalue weighted by Gasteiger charge is 2.32. The molecule has 3 rings (SSSR count). The van der Waals surface area contributed by atoms with E-state index in [1.165, 1.54) is 11.6 Å². The Labute approximate surface area is 146 Å². The maximum Gasteiger partial charge on any atom is 0.332 e. The molecule has 1 N–H and O–H groups in total. The Kier molecular flexibility index (Phi) is 4.28. The lowest BCUT2D eigenvalue weighted by atomic mass is 10.1. The zero-order chi connectivity index (χ0) is 17.4. The molecular formula is C17H16BrN3O3. The van der Waals surface area contributed by atoms with Crippen molar-refractivity contribution >= 4 is 33.6 Å². The first kappa shape index (κ1) is 16.4. The van der Waals surface area contributed by atoms with Crippen LogP contribution in [0.5, 0.6) is 0 Å². The molecular weight excluding hydrogens is 374 g/mol. The van der Waals surface area contributed by atoms with E-state index in [0.29, 0.717) is 24.5 Å². The van der Waals surface area contributed by atoms with Crippen LogP contribution in [0.2, 0.25) is 0 Å². The molecule has 6 nitrogen and oxygen atoms in total. The number of carbonyl (C=O) groups is 1. The van der Waals surface area contributed by atoms with E-state index in [2.05, 4.69) is 21.2 Å². The van der Waals surface area contributed by atoms with Crippen LogP contribution in [-0.2, 0) is 13.6 Å². The average Bonchev–Trinajstić information content (AvgIpc) is 2.88. The zero-order valence-electron chi connectivity index (χ0n) is 13.3. The van der Waals surface area contributed by atoms with E-state index in [-0.39, 0.29) is 5.56 Å². The van der Waals surface area contributed by atoms with Crippen molar-refractivity contribution in [2.45, 2.75) is 19.9 Å². The molecule has 2 aromatic rings. The van der Waals surface area contributed by atoms with E-state index in [1.54, 1.807) is 6.08 Å². The third kappa shape index (κ3) is 2.65. The van der Waals surface area contributed by atoms with Crippen LogP contribution in [0.25, 0.3) is 6.08 Å². The predicted molar refractivity (Wildman–Crippen MR) is 96.3 cm³/mol. The molecule has 2 heterocycles. The van der Waals surface area contributed by atoms with E-state index in [1.807, 2.05) is 31.2 Å². The molecule has 0 spiro atoms. The van der Waals surface area contributed by atoms with Crippen molar-refractivity contribution in [3.8, 4) is 0 Å². The molecule has 24 heavy (non-hydrogen) atoms. The number of rotatable bonds is 3. The number of allylic oxidation sites excluding steroid dienone is 1. The molecule has 0 saturated carbocycles. The second-order valence-corrected chi connectivity index (χ2v) is 6.50. The van der Waals surface area contributed by atoms with Gasteiger partial charge in [0.15, 0.2) is 0 Å². The minimum atomic E-state index is -0.570. The molecule has 1 aliphatic heterocycles. The molecule has 1 aromatic carbocycles. The molecule has 0 amide bonds. The fourth-order valence-corrected chi connectivity index (χ4v) is 2.94. The molecule has 1 aromatic heterocycles. The zero-order valence-corrected chi connectivity index (χ0v) is 14.9. The first-order chi connectivity index (χ1) is 11.4. The summed E-state index contributed by atoms with van der Waals surface area (Å²) >= 11 is 3.36. The number of hydrogen-bond acceptors (Lipinski definition) is 4. The standard InChI is InChI=1S/C17H16BrN3O3/c1-3-8-21-15-13(16(23)20(2)17(21)24)14(22)12(19-15)9-10-4-6-11(18)7-5-10/h4-7,9,19H,3,8H2,1-2H3/b12-9-. The summed E-state index contributed by atoms with van der Waals surface area (Å²) in [6.45, 7) is 2.36. The quantitative estimate of drug-likeness (QED) is 0.817. The summed E-state index contributed by atoms with van der Waals surface area (Å²) < 4.78 is 3.36. The van der Waals surface area contributed by atoms with Crippen molar-refractivity contribution in [1.82, 2.24) is 9.13 Å². The third-order valence-electron chi connectivity index (χ3n) is 3.90. The number of Topliss-reactive ketones (excluding diaryl/α,β-unsaturated/α-hetero) is 1. The number of nitrogens with one attached hydrogen (secondary N) is 1. The Balaban J connectivity index is 2.15. The van der Waals surface area contributed by atoms with Gasteiger partial charge < -0.3 is 5.32 Å². The Morgan fingerprint density at radius 3 is 2.46 bits per heavy atom. The number of ketones is 1. The largest absolute Gasteiger partial charge is 0.338 e. The van der Waals surface area contributed by atoms with Gasteiger partial charge in [0.2, 0.25) is 5.78 Å². The molecule has 0 unspecified atom stereocenters. The Hall–Kier alpha value is -2.41. The summed E-state index contributed by atoms with van der Waals surface area (Å²) in [5.41, 5.74) is 0.140. The van der Waals surface area contributed by atoms with Gasteiger partial charge in [-0.1, -0.05) is 35.0 Å². The summed E-state index contributed by atoms with van der Waals surface area (Å²) in [4.78, 5) is 37.3. The van der Waals surface area contributed by atoms with Gasteiger partial charge in [0, 0.05) is 18.1 Å². The number of halogens is 1. The van der Waals surface area contributed by atoms with Gasteiger partial charge in [-0.3, -0.25) is 18.7 Å². The van der Waals surface area contributed by atoms with Crippen LogP contribution in [0.15, 0.2) is 44.0 Å². The Bertz CT molecular complexity index is 968. The number of anilines is 1. The van der Waals surface area contributed by atoms with Gasteiger partial charge in [-0.2, -0.15) is 0 Å². The summed E-state index contributed by atoms with van der Waals surface area (Å²) in [6.07, 6.45) is 2.39. The smallest absolute Gasteiger partial charge is 0.332 e. The maximum absolute atomic E-state index is 12.6. The Morgan fingerprint density at radius 2 is 1.83 bits per heavy atom. The summed E-state index contributed by atoms with van der Waals surface area (Å²) in [6, 6.07) is 7.44. The molecule has 0 fully saturated rings. The number of hydrogen-bond donors (Lipinski definition) is 1. The molecule has 0 aliphatic carbocycles. The van der Waals surface area contributed by atoms with Gasteiger partial charge in [0.25, 0.3) is 5.56 Å². The summed E-state index contributed by atoms with van der Waals surface area (Å²) in [5, 5.41) is 2.96. The number of fused-ring (bicyclic) bond motifs is 1. The highest BCUT2D eigenvalue weighted by Crippen LogP contribution is 2.26. The van der Waals surface area contributed by atoms with Crippen molar-refractivity contribution in [3.63, 3.8) is 0 Å². The third-order valence-corrected chi connectivity index (χ3v) is 4.42. The minimum absolute atomic E-state index is 0.0221. The first-order valence-electron chi connectivity index (χ1n) is 7.57. The summed E-state index contributed by atoms with van der Waals surface area (Å²) in [7, 11) is 1.39. The lowest BCUT2D eigenvalue weighted by Crippen LogP contribution is -2.40. The highest BCUT2D eigenvalue weighted by atomic mass is 79.9. The minimum Gasteiger partial charge on any atom is -0.338 e. The lowest BCUT2D eigenvalue weighted by molar-refractivity contribution is 0.104. The van der Waals surface area contributed by atoms with Gasteiger partial charge in [-0.15, -0.1) is 0 Å². The van der Waals surface area contributed by atoms with Gasteiger partial charge in [0.05, 0.1) is 5.70 Å². The van der Waals surface area contributed by atoms with Gasteiger partial charge >= 0.3 is 5.69 Å². The van der Waals surface area contributed by atoms with E-state index >= 15 is 0 Å². The van der Waals surface area contributed by atoms with E-state index in [0.717, 1.165) is 14.6 Å². The van der Waals surface area contributed by atoms with Crippen LogP contribution in [0.1, 0.15) is 29.3 Å². The molecule has 0 saturated heterocycles. The fraction of sp³-hybridized carbons (Fsp3) is 0.235. The SMILES string of the molecule is CCCn1c2c(c(=O)n(C)c1=O)C(=O)/C(=C/c1ccc(Br)cc1)N2. The first-order valence-corrected chi connectivity index (χ1v) is 8.36. The van der Waals surface area contributed by atoms with Crippen molar-refractivity contribution < 1.29 is 4.79 Å². The van der Waals surface area contributed by atoms with Crippen LogP contribution < -0.4 is 16.6 Å². The maximum atomic E-state index is 12.6. The van der Waals surface area contributed by atoms with E-state index in [4.69, 9.17) is 0 Å². The summed E-state index contributed by atoms with van der Waals surface area (Å²) in [5.74, 6) is -0.100. The van der Waals surface area contributed by atoms with Crippen LogP contribution in [-0.4, -0.2) is 14.9 Å². The van der Waals surface area contributed by atoms with Crippen LogP contribution in [0, 0.1) is 0 Å². The molecule has 124 valence electrons.